The van der Waals surface area contributed by atoms with E-state index in [9.17, 15) is 14.7 Å². The van der Waals surface area contributed by atoms with Crippen LogP contribution in [0, 0.1) is 11.8 Å². The fraction of sp³-hybridized carbons (Fsp3) is 0.227. The minimum Gasteiger partial charge on any atom is -0.378 e. The van der Waals surface area contributed by atoms with Crippen molar-refractivity contribution in [3.05, 3.63) is 75.8 Å². The van der Waals surface area contributed by atoms with Crippen molar-refractivity contribution in [2.75, 3.05) is 7.05 Å². The molecule has 2 N–H and O–H groups in total. The number of fused-ring (bicyclic) bond motifs is 1. The van der Waals surface area contributed by atoms with Gasteiger partial charge in [0, 0.05) is 18.2 Å². The van der Waals surface area contributed by atoms with Gasteiger partial charge in [-0.3, -0.25) is 9.59 Å². The van der Waals surface area contributed by atoms with E-state index in [1.807, 2.05) is 6.07 Å². The molecule has 6 nitrogen and oxygen atoms in total. The van der Waals surface area contributed by atoms with Gasteiger partial charge in [0.2, 0.25) is 0 Å². The zero-order valence-corrected chi connectivity index (χ0v) is 16.0. The van der Waals surface area contributed by atoms with E-state index in [0.29, 0.717) is 27.9 Å². The highest BCUT2D eigenvalue weighted by Gasteiger charge is 2.14. The maximum atomic E-state index is 12.7. The lowest BCUT2D eigenvalue weighted by atomic mass is 10.1. The summed E-state index contributed by atoms with van der Waals surface area (Å²) >= 11 is 0. The first-order valence-electron chi connectivity index (χ1n) is 8.82. The van der Waals surface area contributed by atoms with Gasteiger partial charge in [0.05, 0.1) is 17.4 Å². The lowest BCUT2D eigenvalue weighted by molar-refractivity contribution is 0.0781. The molecule has 0 aliphatic carbocycles. The van der Waals surface area contributed by atoms with Crippen molar-refractivity contribution < 1.29 is 9.90 Å². The van der Waals surface area contributed by atoms with E-state index >= 15 is 0 Å². The Labute approximate surface area is 162 Å². The van der Waals surface area contributed by atoms with Crippen molar-refractivity contribution in [2.45, 2.75) is 26.0 Å². The summed E-state index contributed by atoms with van der Waals surface area (Å²) in [7, 11) is 1.65. The lowest BCUT2D eigenvalue weighted by Crippen LogP contribution is -2.28. The number of carbonyl (C=O) groups is 1. The predicted octanol–water partition coefficient (Wildman–Crippen LogP) is 2.32. The third-order valence-corrected chi connectivity index (χ3v) is 4.04. The molecule has 0 spiro atoms. The average molecular weight is 375 g/mol. The molecule has 0 aliphatic heterocycles. The zero-order valence-electron chi connectivity index (χ0n) is 16.0. The number of carbonyl (C=O) groups excluding carboxylic acids is 1. The monoisotopic (exact) mass is 375 g/mol. The number of aromatic amines is 1. The normalized spacial score (nSPS) is 11.0. The first-order valence-corrected chi connectivity index (χ1v) is 8.82. The molecule has 1 heterocycles. The van der Waals surface area contributed by atoms with Gasteiger partial charge in [-0.15, -0.1) is 0 Å². The zero-order chi connectivity index (χ0) is 20.3. The Morgan fingerprint density at radius 1 is 1.18 bits per heavy atom. The number of aliphatic hydroxyl groups is 1. The van der Waals surface area contributed by atoms with E-state index in [2.05, 4.69) is 21.8 Å². The van der Waals surface area contributed by atoms with Gasteiger partial charge in [-0.05, 0) is 50.2 Å². The summed E-state index contributed by atoms with van der Waals surface area (Å²) in [5.41, 5.74) is 0.507. The number of para-hydroxylation sites is 1. The van der Waals surface area contributed by atoms with Crippen LogP contribution in [0.4, 0.5) is 0 Å². The molecule has 0 bridgehead atoms. The number of nitrogens with one attached hydrogen (secondary N) is 1. The van der Waals surface area contributed by atoms with Crippen LogP contribution in [0.2, 0.25) is 0 Å². The van der Waals surface area contributed by atoms with E-state index in [0.717, 1.165) is 0 Å². The molecule has 0 saturated carbocycles. The van der Waals surface area contributed by atoms with E-state index in [4.69, 9.17) is 0 Å². The average Bonchev–Trinajstić information content (AvgIpc) is 2.65. The molecule has 142 valence electrons. The molecule has 0 aliphatic rings. The Balaban J connectivity index is 1.76. The molecule has 6 heteroatoms. The van der Waals surface area contributed by atoms with Crippen LogP contribution in [0.25, 0.3) is 10.9 Å². The van der Waals surface area contributed by atoms with Gasteiger partial charge in [-0.1, -0.05) is 24.0 Å². The van der Waals surface area contributed by atoms with Crippen LogP contribution in [0.15, 0.2) is 53.3 Å². The van der Waals surface area contributed by atoms with Crippen molar-refractivity contribution in [3.63, 3.8) is 0 Å². The summed E-state index contributed by atoms with van der Waals surface area (Å²) in [5, 5.41) is 10.2. The molecule has 0 atom stereocenters. The fourth-order valence-corrected chi connectivity index (χ4v) is 2.65. The highest BCUT2D eigenvalue weighted by atomic mass is 16.3. The summed E-state index contributed by atoms with van der Waals surface area (Å²) in [6.45, 7) is 3.40. The third kappa shape index (κ3) is 4.64. The van der Waals surface area contributed by atoms with E-state index in [-0.39, 0.29) is 18.0 Å². The van der Waals surface area contributed by atoms with E-state index in [1.54, 1.807) is 63.4 Å². The second kappa shape index (κ2) is 7.67. The smallest absolute Gasteiger partial charge is 0.258 e. The molecule has 28 heavy (non-hydrogen) atoms. The van der Waals surface area contributed by atoms with Crippen molar-refractivity contribution in [1.82, 2.24) is 14.9 Å². The van der Waals surface area contributed by atoms with Gasteiger partial charge in [-0.25, -0.2) is 4.98 Å². The molecule has 3 rings (SSSR count). The minimum absolute atomic E-state index is 0.180. The molecule has 3 aromatic rings. The topological polar surface area (TPSA) is 86.3 Å². The Hall–Kier alpha value is -3.43. The number of benzene rings is 2. The Morgan fingerprint density at radius 3 is 2.54 bits per heavy atom. The van der Waals surface area contributed by atoms with E-state index in [1.165, 1.54) is 4.90 Å². The molecular formula is C22H21N3O3. The van der Waals surface area contributed by atoms with Crippen LogP contribution >= 0.6 is 0 Å². The van der Waals surface area contributed by atoms with Gasteiger partial charge < -0.3 is 15.0 Å². The van der Waals surface area contributed by atoms with Crippen molar-refractivity contribution in [1.29, 1.82) is 0 Å². The summed E-state index contributed by atoms with van der Waals surface area (Å²) in [4.78, 5) is 33.5. The summed E-state index contributed by atoms with van der Waals surface area (Å²) in [6.07, 6.45) is 0. The second-order valence-corrected chi connectivity index (χ2v) is 7.08. The summed E-state index contributed by atoms with van der Waals surface area (Å²) in [5.74, 6) is 5.83. The quantitative estimate of drug-likeness (QED) is 0.688. The highest BCUT2D eigenvalue weighted by Crippen LogP contribution is 2.10. The largest absolute Gasteiger partial charge is 0.378 e. The molecule has 0 saturated heterocycles. The van der Waals surface area contributed by atoms with Crippen LogP contribution < -0.4 is 5.56 Å². The number of rotatable bonds is 3. The van der Waals surface area contributed by atoms with Gasteiger partial charge in [0.1, 0.15) is 11.4 Å². The number of hydrogen-bond acceptors (Lipinski definition) is 4. The second-order valence-electron chi connectivity index (χ2n) is 7.08. The molecular weight excluding hydrogens is 354 g/mol. The van der Waals surface area contributed by atoms with Crippen LogP contribution in [0.1, 0.15) is 35.6 Å². The number of aromatic nitrogens is 2. The van der Waals surface area contributed by atoms with Crippen LogP contribution in [-0.2, 0) is 6.54 Å². The molecule has 2 aromatic carbocycles. The molecule has 1 aromatic heterocycles. The lowest BCUT2D eigenvalue weighted by Gasteiger charge is -2.17. The van der Waals surface area contributed by atoms with Crippen LogP contribution in [-0.4, -0.2) is 38.5 Å². The van der Waals surface area contributed by atoms with Crippen LogP contribution in [0.5, 0.6) is 0 Å². The molecule has 0 fully saturated rings. The van der Waals surface area contributed by atoms with E-state index < -0.39 is 5.60 Å². The summed E-state index contributed by atoms with van der Waals surface area (Å²) < 4.78 is 0. The third-order valence-electron chi connectivity index (χ3n) is 4.04. The Morgan fingerprint density at radius 2 is 1.86 bits per heavy atom. The number of H-pyrrole nitrogens is 1. The number of amides is 1. The van der Waals surface area contributed by atoms with Crippen LogP contribution in [0.3, 0.4) is 0 Å². The highest BCUT2D eigenvalue weighted by molar-refractivity contribution is 5.94. The van der Waals surface area contributed by atoms with Gasteiger partial charge >= 0.3 is 0 Å². The first-order chi connectivity index (χ1) is 13.2. The first kappa shape index (κ1) is 19.3. The fourth-order valence-electron chi connectivity index (χ4n) is 2.65. The standard InChI is InChI=1S/C22H21N3O3/c1-22(2,28)13-12-15-8-10-16(11-9-15)21(27)25(3)14-19-23-18-7-5-4-6-17(18)20(26)24-19/h4-11,28H,14H2,1-3H3,(H,23,24,26). The summed E-state index contributed by atoms with van der Waals surface area (Å²) in [6, 6.07) is 13.9. The van der Waals surface area contributed by atoms with Crippen molar-refractivity contribution in [2.24, 2.45) is 0 Å². The number of hydrogen-bond donors (Lipinski definition) is 2. The number of nitrogens with zero attached hydrogens (tertiary/aromatic N) is 2. The SMILES string of the molecule is CN(Cc1nc2ccccc2c(=O)[nH]1)C(=O)c1ccc(C#CC(C)(C)O)cc1. The van der Waals surface area contributed by atoms with Crippen molar-refractivity contribution in [3.8, 4) is 11.8 Å². The Kier molecular flexibility index (Phi) is 5.30. The maximum absolute atomic E-state index is 12.7. The Bertz CT molecular complexity index is 1130. The van der Waals surface area contributed by atoms with Gasteiger partial charge in [0.15, 0.2) is 0 Å². The molecule has 1 amide bonds. The molecule has 0 unspecified atom stereocenters. The maximum Gasteiger partial charge on any atom is 0.258 e. The minimum atomic E-state index is -1.07. The van der Waals surface area contributed by atoms with Gasteiger partial charge in [-0.2, -0.15) is 0 Å². The predicted molar refractivity (Wildman–Crippen MR) is 108 cm³/mol. The molecule has 0 radical (unpaired) electrons. The van der Waals surface area contributed by atoms with Gasteiger partial charge in [0.25, 0.3) is 11.5 Å². The van der Waals surface area contributed by atoms with Crippen molar-refractivity contribution >= 4 is 16.8 Å².